The number of aromatic nitrogens is 7. The number of pyridine rings is 3. The van der Waals surface area contributed by atoms with Gasteiger partial charge in [0.1, 0.15) is 0 Å². The van der Waals surface area contributed by atoms with Gasteiger partial charge in [0.15, 0.2) is 0 Å². The number of nitrogens with zero attached hydrogens (tertiary/aromatic N) is 7. The van der Waals surface area contributed by atoms with Crippen LogP contribution in [0.15, 0.2) is 352 Å². The van der Waals surface area contributed by atoms with Gasteiger partial charge < -0.3 is 45.3 Å². The Hall–Kier alpha value is -10.6. The molecule has 0 saturated heterocycles. The van der Waals surface area contributed by atoms with Gasteiger partial charge in [0.25, 0.3) is 0 Å². The Morgan fingerprint density at radius 1 is 0.344 bits per heavy atom. The average Bonchev–Trinajstić information content (AvgIpc) is 1.59. The Morgan fingerprint density at radius 2 is 0.711 bits per heavy atom. The van der Waals surface area contributed by atoms with Gasteiger partial charge in [-0.25, -0.2) is 0 Å². The number of hydrogen-bond donors (Lipinski definition) is 4. The van der Waals surface area contributed by atoms with Crippen LogP contribution in [0, 0.1) is 30.3 Å². The number of rotatable bonds is 6. The van der Waals surface area contributed by atoms with Crippen LogP contribution < -0.4 is 0 Å². The normalized spacial score (nSPS) is 12.2. The number of fused-ring (bicyclic) bond motifs is 20. The molecule has 11 nitrogen and oxygen atoms in total. The molecule has 658 valence electrons. The molecule has 0 spiro atoms. The van der Waals surface area contributed by atoms with Crippen LogP contribution in [0.3, 0.4) is 0 Å². The first-order chi connectivity index (χ1) is 58.8. The fraction of sp³-hybridized carbons (Fsp3) is 0.112. The van der Waals surface area contributed by atoms with Crippen molar-refractivity contribution in [3.05, 3.63) is 405 Å². The van der Waals surface area contributed by atoms with Crippen molar-refractivity contribution in [2.45, 2.75) is 78.4 Å². The van der Waals surface area contributed by atoms with Crippen molar-refractivity contribution < 1.29 is 115 Å². The summed E-state index contributed by atoms with van der Waals surface area (Å²) in [7, 11) is 6.06. The zero-order chi connectivity index (χ0) is 84.6. The number of allylic oxidation sites excluding steroid dienone is 2. The van der Waals surface area contributed by atoms with E-state index in [1.165, 1.54) is 119 Å². The molecule has 5 heterocycles. The quantitative estimate of drug-likeness (QED) is 0.0541. The molecule has 2 aliphatic rings. The van der Waals surface area contributed by atoms with Crippen LogP contribution in [0.25, 0.3) is 154 Å². The smallest absolute Gasteiger partial charge is 0.0877 e. The molecule has 0 saturated carbocycles. The topological polar surface area (TPSA) is 171 Å². The van der Waals surface area contributed by atoms with Crippen LogP contribution in [0.5, 0.6) is 0 Å². The van der Waals surface area contributed by atoms with Crippen molar-refractivity contribution in [3.63, 3.8) is 0 Å². The summed E-state index contributed by atoms with van der Waals surface area (Å²) < 4.78 is 0. The third-order valence-corrected chi connectivity index (χ3v) is 21.2. The SMILES string of the molecule is CC(O)=CC(C)O.CC(O)=CC(C)O.CC1(C)c2ccccc2-c2c[c-]c(-c3ccc(-c4ccc5c(c4)C(C)(C)c4ccccc4-5)cn3)cc21.F.F.F.PPP.[Ir].[Ir].[Ir].[Ir].[c-]1cccc2c1c1nccnc1c1ccccc21.[c-]1cccc2c1c1nccnc1c1ccccc21.[c-]1ccccc1-c1nccc2ccccc12.[c-]1ccccc1-c1nccc2ccccc12. The molecule has 0 fully saturated rings. The second kappa shape index (κ2) is 48.7. The van der Waals surface area contributed by atoms with E-state index in [-0.39, 0.29) is 117 Å². The molecule has 14 aromatic carbocycles. The molecular formula is C107H94F3Ir4N7O4P3-5. The molecule has 2 aliphatic carbocycles. The number of halogens is 3. The molecule has 128 heavy (non-hydrogen) atoms. The number of aliphatic hydroxyl groups excluding tert-OH is 4. The van der Waals surface area contributed by atoms with Crippen molar-refractivity contribution >= 4 is 113 Å². The maximum absolute atomic E-state index is 8.49. The van der Waals surface area contributed by atoms with Crippen LogP contribution in [0.4, 0.5) is 14.1 Å². The number of aliphatic hydroxyl groups is 4. The second-order valence-corrected chi connectivity index (χ2v) is 34.6. The second-order valence-electron chi connectivity index (χ2n) is 30.3. The first kappa shape index (κ1) is 105. The molecule has 4 atom stereocenters. The van der Waals surface area contributed by atoms with E-state index in [9.17, 15) is 0 Å². The summed E-state index contributed by atoms with van der Waals surface area (Å²) in [6, 6.07) is 115. The predicted octanol–water partition coefficient (Wildman–Crippen LogP) is 27.1. The minimum Gasteiger partial charge on any atom is -0.513 e. The van der Waals surface area contributed by atoms with E-state index >= 15 is 0 Å². The predicted molar refractivity (Wildman–Crippen MR) is 519 cm³/mol. The van der Waals surface area contributed by atoms with Crippen LogP contribution in [0.2, 0.25) is 0 Å². The van der Waals surface area contributed by atoms with Crippen molar-refractivity contribution in [1.29, 1.82) is 0 Å². The monoisotopic (exact) mass is 2460 g/mol. The molecule has 21 rings (SSSR count). The fourth-order valence-corrected chi connectivity index (χ4v) is 15.8. The van der Waals surface area contributed by atoms with E-state index < -0.39 is 12.2 Å². The molecule has 0 bridgehead atoms. The van der Waals surface area contributed by atoms with Crippen molar-refractivity contribution in [3.8, 4) is 67.2 Å². The third-order valence-electron chi connectivity index (χ3n) is 21.2. The van der Waals surface area contributed by atoms with Crippen molar-refractivity contribution in [1.82, 2.24) is 34.9 Å². The zero-order valence-corrected chi connectivity index (χ0v) is 84.0. The third kappa shape index (κ3) is 23.9. The zero-order valence-electron chi connectivity index (χ0n) is 71.1. The minimum atomic E-state index is -0.537. The van der Waals surface area contributed by atoms with Gasteiger partial charge in [-0.2, -0.15) is 0 Å². The summed E-state index contributed by atoms with van der Waals surface area (Å²) in [4.78, 5) is 31.7. The molecule has 19 aromatic rings. The van der Waals surface area contributed by atoms with Gasteiger partial charge in [-0.05, 0) is 152 Å². The Morgan fingerprint density at radius 3 is 1.12 bits per heavy atom. The molecule has 0 amide bonds. The summed E-state index contributed by atoms with van der Waals surface area (Å²) in [6.07, 6.45) is 14.3. The number of hydrogen-bond acceptors (Lipinski definition) is 11. The largest absolute Gasteiger partial charge is 0.513 e. The Balaban J connectivity index is 0.000000214. The molecule has 4 radical (unpaired) electrons. The van der Waals surface area contributed by atoms with Gasteiger partial charge >= 0.3 is 0 Å². The molecular weight excluding hydrogens is 2370 g/mol. The van der Waals surface area contributed by atoms with Gasteiger partial charge in [0, 0.05) is 140 Å². The Bertz CT molecular complexity index is 6100. The molecule has 0 aliphatic heterocycles. The van der Waals surface area contributed by atoms with Gasteiger partial charge in [0.2, 0.25) is 0 Å². The maximum Gasteiger partial charge on any atom is 0.0877 e. The van der Waals surface area contributed by atoms with E-state index in [0.717, 1.165) is 90.9 Å². The minimum absolute atomic E-state index is 0. The maximum atomic E-state index is 8.49. The number of benzene rings is 14. The molecule has 4 N–H and O–H groups in total. The average molecular weight is 2460 g/mol. The van der Waals surface area contributed by atoms with Crippen LogP contribution in [-0.4, -0.2) is 67.5 Å². The van der Waals surface area contributed by atoms with E-state index in [2.05, 4.69) is 270 Å². The van der Waals surface area contributed by atoms with Crippen LogP contribution in [0.1, 0.15) is 77.6 Å². The van der Waals surface area contributed by atoms with Gasteiger partial charge in [-0.1, -0.05) is 238 Å². The van der Waals surface area contributed by atoms with Crippen molar-refractivity contribution in [2.24, 2.45) is 0 Å². The van der Waals surface area contributed by atoms with Crippen molar-refractivity contribution in [2.75, 3.05) is 0 Å². The molecule has 5 aromatic heterocycles. The first-order valence-electron chi connectivity index (χ1n) is 39.9. The standard InChI is InChI=1S/C35H28N.2C16H9N2.2C15H10N.2C5H10O2.3FH.4Ir.H5P3/c1-34(2)29-11-7-5-9-25(29)27-16-13-22(19-31(27)34)24-15-18-33(36-21-24)23-14-17-28-26-10-6-8-12-30(26)35(3,4)32(28)20-23;2*1-3-7-13-11(5-1)12-6-2-4-8-14(12)16-15(13)17-9-10-18-16;2*1-2-7-13(8-3-1)15-14-9-5-4-6-12(14)10-11-16-15;2*1-4(6)3-5(2)7;;;;;;;;1-3-2/h5-13,15-21H,1-4H3;2*1-7,9-10H;2*1-7,9-11H;2*3-4,6-7H,1-2H3;3*1H;;;;;3H,1-2H2/q5*-1;;;;;;;;;;. The van der Waals surface area contributed by atoms with E-state index in [1.54, 1.807) is 38.6 Å². The molecule has 21 heteroatoms. The van der Waals surface area contributed by atoms with Crippen LogP contribution in [-0.2, 0) is 91.3 Å². The summed E-state index contributed by atoms with van der Waals surface area (Å²) in [5.41, 5.74) is 23.0. The van der Waals surface area contributed by atoms with E-state index in [4.69, 9.17) is 25.4 Å². The van der Waals surface area contributed by atoms with E-state index in [1.807, 2.05) is 140 Å². The van der Waals surface area contributed by atoms with Gasteiger partial charge in [-0.15, -0.1) is 178 Å². The fourth-order valence-electron chi connectivity index (χ4n) is 15.8. The summed E-state index contributed by atoms with van der Waals surface area (Å²) in [6.45, 7) is 15.5. The molecule has 4 unspecified atom stereocenters. The first-order valence-corrected chi connectivity index (χ1v) is 44.5. The summed E-state index contributed by atoms with van der Waals surface area (Å²) in [5.74, 6) is 0.324. The Labute approximate surface area is 805 Å². The Kier molecular flexibility index (Phi) is 39.8. The summed E-state index contributed by atoms with van der Waals surface area (Å²) in [5, 5.41) is 47.7. The summed E-state index contributed by atoms with van der Waals surface area (Å²) >= 11 is 0. The van der Waals surface area contributed by atoms with Crippen LogP contribution >= 0.6 is 25.8 Å². The van der Waals surface area contributed by atoms with Gasteiger partial charge in [-0.3, -0.25) is 24.1 Å². The van der Waals surface area contributed by atoms with Gasteiger partial charge in [0.05, 0.1) is 34.8 Å². The van der Waals surface area contributed by atoms with E-state index in [0.29, 0.717) is 0 Å².